The minimum atomic E-state index is -0.640. The maximum Gasteiger partial charge on any atom is 0.326 e. The normalized spacial score (nSPS) is 20.6. The summed E-state index contributed by atoms with van der Waals surface area (Å²) in [4.78, 5) is 44.6. The third-order valence-corrected chi connectivity index (χ3v) is 7.20. The number of carbonyl (C=O) groups excluding carboxylic acids is 3. The van der Waals surface area contributed by atoms with Crippen molar-refractivity contribution in [2.24, 2.45) is 5.41 Å². The first kappa shape index (κ1) is 26.6. The van der Waals surface area contributed by atoms with E-state index < -0.39 is 6.04 Å². The number of likely N-dealkylation sites (N-methyl/N-ethyl adjacent to an activating group) is 2. The lowest BCUT2D eigenvalue weighted by Gasteiger charge is -2.39. The van der Waals surface area contributed by atoms with Crippen molar-refractivity contribution in [2.75, 3.05) is 39.1 Å². The van der Waals surface area contributed by atoms with Crippen LogP contribution in [0.4, 0.5) is 9.93 Å². The van der Waals surface area contributed by atoms with Crippen LogP contribution in [0.25, 0.3) is 11.3 Å². The second kappa shape index (κ2) is 10.1. The van der Waals surface area contributed by atoms with E-state index >= 15 is 0 Å². The molecule has 194 valence electrons. The zero-order chi connectivity index (χ0) is 26.4. The van der Waals surface area contributed by atoms with Crippen LogP contribution >= 0.6 is 34.5 Å². The number of fused-ring (bicyclic) bond motifs is 1. The number of halogens is 2. The smallest absolute Gasteiger partial charge is 0.326 e. The van der Waals surface area contributed by atoms with Gasteiger partial charge in [-0.2, -0.15) is 0 Å². The number of nitrogens with zero attached hydrogens (tertiary/aromatic N) is 4. The fourth-order valence-corrected chi connectivity index (χ4v) is 5.34. The Bertz CT molecular complexity index is 1180. The number of carbonyl (C=O) groups is 3. The van der Waals surface area contributed by atoms with Gasteiger partial charge in [0.15, 0.2) is 10.9 Å². The molecule has 10 nitrogen and oxygen atoms in total. The van der Waals surface area contributed by atoms with E-state index in [4.69, 9.17) is 27.9 Å². The third-order valence-electron chi connectivity index (χ3n) is 5.88. The van der Waals surface area contributed by atoms with Crippen LogP contribution in [0.2, 0.25) is 10.0 Å². The van der Waals surface area contributed by atoms with Crippen LogP contribution in [0.15, 0.2) is 17.5 Å². The number of imide groups is 1. The average Bonchev–Trinajstić information content (AvgIpc) is 3.42. The molecule has 36 heavy (non-hydrogen) atoms. The third kappa shape index (κ3) is 5.45. The van der Waals surface area contributed by atoms with Crippen molar-refractivity contribution in [3.8, 4) is 17.0 Å². The Morgan fingerprint density at radius 3 is 2.56 bits per heavy atom. The van der Waals surface area contributed by atoms with Crippen LogP contribution in [0.1, 0.15) is 20.8 Å². The Labute approximate surface area is 223 Å². The molecule has 2 aliphatic rings. The zero-order valence-electron chi connectivity index (χ0n) is 20.6. The molecular formula is C23H28Cl2N6O4S. The molecule has 1 aromatic heterocycles. The second-order valence-electron chi connectivity index (χ2n) is 10.00. The molecule has 2 atom stereocenters. The summed E-state index contributed by atoms with van der Waals surface area (Å²) >= 11 is 14.1. The molecule has 2 saturated heterocycles. The molecule has 2 unspecified atom stereocenters. The van der Waals surface area contributed by atoms with Gasteiger partial charge in [0.1, 0.15) is 6.04 Å². The van der Waals surface area contributed by atoms with Crippen molar-refractivity contribution >= 4 is 57.5 Å². The van der Waals surface area contributed by atoms with Crippen molar-refractivity contribution in [2.45, 2.75) is 32.9 Å². The Morgan fingerprint density at radius 2 is 1.92 bits per heavy atom. The van der Waals surface area contributed by atoms with Gasteiger partial charge >= 0.3 is 6.03 Å². The standard InChI is InChI=1S/C23H28Cl2N6O4S/c1-23(2,3)11-35-19-13(24)6-12(7-14(19)25)15-10-36-21(27-15)28-17(32)9-31-18-16(8-26-31)29(4)22(34)30(5)20(18)33/h6-7,10,16,18,26H,8-9,11H2,1-5H3,(H,27,28,32). The van der Waals surface area contributed by atoms with Gasteiger partial charge in [0, 0.05) is 31.6 Å². The lowest BCUT2D eigenvalue weighted by Crippen LogP contribution is -2.64. The van der Waals surface area contributed by atoms with Crippen LogP contribution in [0, 0.1) is 5.41 Å². The number of thiazole rings is 1. The quantitative estimate of drug-likeness (QED) is 0.562. The summed E-state index contributed by atoms with van der Waals surface area (Å²) < 4.78 is 5.81. The molecule has 4 rings (SSSR count). The molecule has 2 N–H and O–H groups in total. The highest BCUT2D eigenvalue weighted by molar-refractivity contribution is 7.14. The number of aromatic nitrogens is 1. The Balaban J connectivity index is 1.41. The summed E-state index contributed by atoms with van der Waals surface area (Å²) in [5, 5.41) is 7.26. The SMILES string of the molecule is CN1C(=O)C2C(CNN2CC(=O)Nc2nc(-c3cc(Cl)c(OCC(C)(C)C)c(Cl)c3)cs2)N(C)C1=O. The number of rotatable bonds is 6. The monoisotopic (exact) mass is 554 g/mol. The average molecular weight is 555 g/mol. The second-order valence-corrected chi connectivity index (χ2v) is 11.7. The molecule has 1 aromatic carbocycles. The number of hydrogen-bond donors (Lipinski definition) is 2. The van der Waals surface area contributed by atoms with E-state index in [0.717, 1.165) is 4.90 Å². The first-order valence-corrected chi connectivity index (χ1v) is 12.9. The van der Waals surface area contributed by atoms with Gasteiger partial charge in [-0.3, -0.25) is 19.9 Å². The van der Waals surface area contributed by atoms with Gasteiger partial charge in [0.2, 0.25) is 5.91 Å². The van der Waals surface area contributed by atoms with E-state index in [0.29, 0.717) is 45.3 Å². The first-order valence-electron chi connectivity index (χ1n) is 11.3. The number of hydrogen-bond acceptors (Lipinski definition) is 8. The molecule has 3 heterocycles. The lowest BCUT2D eigenvalue weighted by atomic mass is 9.99. The summed E-state index contributed by atoms with van der Waals surface area (Å²) in [6, 6.07) is 2.11. The summed E-state index contributed by atoms with van der Waals surface area (Å²) in [6.07, 6.45) is 0. The number of hydrazine groups is 1. The summed E-state index contributed by atoms with van der Waals surface area (Å²) in [7, 11) is 3.08. The van der Waals surface area contributed by atoms with E-state index in [-0.39, 0.29) is 35.8 Å². The van der Waals surface area contributed by atoms with Crippen LogP contribution in [-0.4, -0.2) is 83.5 Å². The summed E-state index contributed by atoms with van der Waals surface area (Å²) in [5.74, 6) is -0.269. The molecule has 2 aliphatic heterocycles. The van der Waals surface area contributed by atoms with Crippen LogP contribution in [0.3, 0.4) is 0 Å². The van der Waals surface area contributed by atoms with Crippen LogP contribution in [0.5, 0.6) is 5.75 Å². The summed E-state index contributed by atoms with van der Waals surface area (Å²) in [5.41, 5.74) is 4.30. The number of anilines is 1. The molecule has 4 amide bonds. The Morgan fingerprint density at radius 1 is 1.25 bits per heavy atom. The molecule has 0 spiro atoms. The van der Waals surface area contributed by atoms with Gasteiger partial charge in [-0.25, -0.2) is 14.8 Å². The zero-order valence-corrected chi connectivity index (χ0v) is 22.9. The highest BCUT2D eigenvalue weighted by Crippen LogP contribution is 2.39. The van der Waals surface area contributed by atoms with Crippen molar-refractivity contribution in [3.63, 3.8) is 0 Å². The fraction of sp³-hybridized carbons (Fsp3) is 0.478. The number of amides is 4. The predicted octanol–water partition coefficient (Wildman–Crippen LogP) is 3.56. The maximum atomic E-state index is 12.7. The molecule has 13 heteroatoms. The van der Waals surface area contributed by atoms with Crippen LogP contribution < -0.4 is 15.5 Å². The van der Waals surface area contributed by atoms with Gasteiger partial charge in [0.25, 0.3) is 5.91 Å². The van der Waals surface area contributed by atoms with Gasteiger partial charge in [-0.05, 0) is 17.5 Å². The fourth-order valence-electron chi connectivity index (χ4n) is 4.01. The largest absolute Gasteiger partial charge is 0.490 e. The Kier molecular flexibility index (Phi) is 7.50. The van der Waals surface area contributed by atoms with Gasteiger partial charge in [-0.1, -0.05) is 44.0 Å². The molecule has 0 saturated carbocycles. The van der Waals surface area contributed by atoms with E-state index in [2.05, 4.69) is 36.5 Å². The van der Waals surface area contributed by atoms with E-state index in [1.165, 1.54) is 23.3 Å². The van der Waals surface area contributed by atoms with Crippen molar-refractivity contribution in [1.82, 2.24) is 25.2 Å². The van der Waals surface area contributed by atoms with Gasteiger partial charge < -0.3 is 15.0 Å². The summed E-state index contributed by atoms with van der Waals surface area (Å²) in [6.45, 7) is 6.92. The number of benzene rings is 1. The topological polar surface area (TPSA) is 107 Å². The first-order chi connectivity index (χ1) is 16.9. The molecule has 0 bridgehead atoms. The van der Waals surface area contributed by atoms with Crippen molar-refractivity contribution in [3.05, 3.63) is 27.6 Å². The van der Waals surface area contributed by atoms with Gasteiger partial charge in [-0.15, -0.1) is 11.3 Å². The molecule has 0 radical (unpaired) electrons. The van der Waals surface area contributed by atoms with Gasteiger partial charge in [0.05, 0.1) is 34.9 Å². The lowest BCUT2D eigenvalue weighted by molar-refractivity contribution is -0.137. The van der Waals surface area contributed by atoms with E-state index in [1.807, 2.05) is 0 Å². The van der Waals surface area contributed by atoms with Crippen LogP contribution in [-0.2, 0) is 9.59 Å². The minimum absolute atomic E-state index is 0.0492. The molecule has 0 aliphatic carbocycles. The number of ether oxygens (including phenoxy) is 1. The highest BCUT2D eigenvalue weighted by atomic mass is 35.5. The van der Waals surface area contributed by atoms with E-state index in [1.54, 1.807) is 29.6 Å². The molecular weight excluding hydrogens is 527 g/mol. The van der Waals surface area contributed by atoms with E-state index in [9.17, 15) is 14.4 Å². The minimum Gasteiger partial charge on any atom is -0.490 e. The number of nitrogens with one attached hydrogen (secondary N) is 2. The van der Waals surface area contributed by atoms with Crippen molar-refractivity contribution < 1.29 is 19.1 Å². The number of urea groups is 1. The van der Waals surface area contributed by atoms with Crippen molar-refractivity contribution in [1.29, 1.82) is 0 Å². The predicted molar refractivity (Wildman–Crippen MR) is 139 cm³/mol. The Hall–Kier alpha value is -2.44. The molecule has 2 fully saturated rings. The molecule has 2 aromatic rings. The maximum absolute atomic E-state index is 12.7. The highest BCUT2D eigenvalue weighted by Gasteiger charge is 2.50.